The van der Waals surface area contributed by atoms with Gasteiger partial charge in [0, 0.05) is 6.42 Å². The van der Waals surface area contributed by atoms with E-state index in [4.69, 9.17) is 4.74 Å². The van der Waals surface area contributed by atoms with Gasteiger partial charge >= 0.3 is 0 Å². The summed E-state index contributed by atoms with van der Waals surface area (Å²) in [6.07, 6.45) is 1.28. The van der Waals surface area contributed by atoms with Crippen LogP contribution in [0.4, 0.5) is 0 Å². The van der Waals surface area contributed by atoms with E-state index in [2.05, 4.69) is 0 Å². The molecule has 0 bridgehead atoms. The average molecular weight is 192 g/mol. The van der Waals surface area contributed by atoms with Gasteiger partial charge in [-0.05, 0) is 31.9 Å². The van der Waals surface area contributed by atoms with Crippen molar-refractivity contribution >= 4 is 6.29 Å². The minimum absolute atomic E-state index is 0.0488. The third kappa shape index (κ3) is 2.59. The van der Waals surface area contributed by atoms with E-state index < -0.39 is 0 Å². The number of benzene rings is 1. The maximum atomic E-state index is 10.3. The first-order chi connectivity index (χ1) is 6.65. The fourth-order valence-corrected chi connectivity index (χ4v) is 1.37. The molecule has 0 spiro atoms. The minimum Gasteiger partial charge on any atom is -0.490 e. The van der Waals surface area contributed by atoms with Crippen LogP contribution in [0.1, 0.15) is 24.5 Å². The second-order valence-electron chi connectivity index (χ2n) is 3.55. The van der Waals surface area contributed by atoms with Gasteiger partial charge in [0.05, 0.1) is 0 Å². The van der Waals surface area contributed by atoms with Crippen LogP contribution in [-0.2, 0) is 4.79 Å². The van der Waals surface area contributed by atoms with Crippen molar-refractivity contribution in [3.05, 3.63) is 29.3 Å². The van der Waals surface area contributed by atoms with Crippen LogP contribution in [-0.4, -0.2) is 12.4 Å². The molecule has 1 rings (SSSR count). The number of hydrogen-bond acceptors (Lipinski definition) is 2. The van der Waals surface area contributed by atoms with Crippen LogP contribution in [0.15, 0.2) is 18.2 Å². The lowest BCUT2D eigenvalue weighted by Gasteiger charge is -2.16. The van der Waals surface area contributed by atoms with Crippen LogP contribution in [0.3, 0.4) is 0 Å². The van der Waals surface area contributed by atoms with Gasteiger partial charge in [0.25, 0.3) is 0 Å². The predicted molar refractivity (Wildman–Crippen MR) is 56.7 cm³/mol. The van der Waals surface area contributed by atoms with Crippen LogP contribution >= 0.6 is 0 Å². The van der Waals surface area contributed by atoms with Gasteiger partial charge in [0.15, 0.2) is 0 Å². The summed E-state index contributed by atoms with van der Waals surface area (Å²) in [4.78, 5) is 10.3. The number of para-hydroxylation sites is 1. The van der Waals surface area contributed by atoms with Crippen molar-refractivity contribution in [1.29, 1.82) is 0 Å². The fraction of sp³-hybridized carbons (Fsp3) is 0.417. The number of hydrogen-bond donors (Lipinski definition) is 0. The Morgan fingerprint density at radius 1 is 1.36 bits per heavy atom. The quantitative estimate of drug-likeness (QED) is 0.685. The highest BCUT2D eigenvalue weighted by Gasteiger charge is 2.07. The average Bonchev–Trinajstić information content (AvgIpc) is 2.12. The Morgan fingerprint density at radius 3 is 2.43 bits per heavy atom. The Bertz CT molecular complexity index is 298. The Labute approximate surface area is 84.9 Å². The highest BCUT2D eigenvalue weighted by Crippen LogP contribution is 2.23. The van der Waals surface area contributed by atoms with Crippen LogP contribution < -0.4 is 4.74 Å². The lowest BCUT2D eigenvalue weighted by molar-refractivity contribution is -0.109. The molecule has 76 valence electrons. The molecular weight excluding hydrogens is 176 g/mol. The molecule has 1 aromatic carbocycles. The Hall–Kier alpha value is -1.31. The lowest BCUT2D eigenvalue weighted by Crippen LogP contribution is -2.13. The molecule has 1 atom stereocenters. The van der Waals surface area contributed by atoms with Gasteiger partial charge in [-0.25, -0.2) is 0 Å². The van der Waals surface area contributed by atoms with Gasteiger partial charge in [-0.1, -0.05) is 18.2 Å². The lowest BCUT2D eigenvalue weighted by atomic mass is 10.1. The molecule has 14 heavy (non-hydrogen) atoms. The zero-order valence-electron chi connectivity index (χ0n) is 8.91. The molecule has 0 aliphatic rings. The molecule has 0 amide bonds. The third-order valence-electron chi connectivity index (χ3n) is 2.16. The molecule has 1 aromatic rings. The van der Waals surface area contributed by atoms with Gasteiger partial charge in [0.1, 0.15) is 18.1 Å². The van der Waals surface area contributed by atoms with E-state index in [1.807, 2.05) is 39.0 Å². The first-order valence-corrected chi connectivity index (χ1v) is 4.81. The van der Waals surface area contributed by atoms with Crippen LogP contribution in [0, 0.1) is 13.8 Å². The summed E-state index contributed by atoms with van der Waals surface area (Å²) < 4.78 is 5.69. The molecular formula is C12H16O2. The van der Waals surface area contributed by atoms with Crippen molar-refractivity contribution < 1.29 is 9.53 Å². The third-order valence-corrected chi connectivity index (χ3v) is 2.16. The molecule has 0 saturated heterocycles. The highest BCUT2D eigenvalue weighted by molar-refractivity contribution is 5.50. The molecule has 2 nitrogen and oxygen atoms in total. The zero-order valence-corrected chi connectivity index (χ0v) is 8.91. The predicted octanol–water partition coefficient (Wildman–Crippen LogP) is 2.66. The van der Waals surface area contributed by atoms with Crippen molar-refractivity contribution in [2.45, 2.75) is 33.3 Å². The molecule has 0 radical (unpaired) electrons. The molecule has 0 aliphatic heterocycles. The largest absolute Gasteiger partial charge is 0.490 e. The second kappa shape index (κ2) is 4.80. The SMILES string of the molecule is Cc1cccc(C)c1OC(C)CC=O. The van der Waals surface area contributed by atoms with E-state index in [9.17, 15) is 4.79 Å². The van der Waals surface area contributed by atoms with E-state index in [0.29, 0.717) is 6.42 Å². The van der Waals surface area contributed by atoms with Crippen LogP contribution in [0.5, 0.6) is 5.75 Å². The molecule has 0 N–H and O–H groups in total. The number of carbonyl (C=O) groups excluding carboxylic acids is 1. The first-order valence-electron chi connectivity index (χ1n) is 4.81. The zero-order chi connectivity index (χ0) is 10.6. The van der Waals surface area contributed by atoms with Gasteiger partial charge in [-0.2, -0.15) is 0 Å². The van der Waals surface area contributed by atoms with Gasteiger partial charge in [0.2, 0.25) is 0 Å². The van der Waals surface area contributed by atoms with Gasteiger partial charge in [-0.15, -0.1) is 0 Å². The summed E-state index contributed by atoms with van der Waals surface area (Å²) in [5.41, 5.74) is 2.23. The molecule has 0 aromatic heterocycles. The normalized spacial score (nSPS) is 12.2. The van der Waals surface area contributed by atoms with Crippen molar-refractivity contribution in [2.24, 2.45) is 0 Å². The van der Waals surface area contributed by atoms with E-state index in [1.54, 1.807) is 0 Å². The summed E-state index contributed by atoms with van der Waals surface area (Å²) >= 11 is 0. The molecule has 2 heteroatoms. The van der Waals surface area contributed by atoms with E-state index in [1.165, 1.54) is 0 Å². The number of aryl methyl sites for hydroxylation is 2. The first kappa shape index (κ1) is 10.8. The van der Waals surface area contributed by atoms with Crippen molar-refractivity contribution in [3.8, 4) is 5.75 Å². The minimum atomic E-state index is -0.0488. The van der Waals surface area contributed by atoms with E-state index >= 15 is 0 Å². The number of carbonyl (C=O) groups is 1. The van der Waals surface area contributed by atoms with Crippen LogP contribution in [0.25, 0.3) is 0 Å². The Kier molecular flexibility index (Phi) is 3.69. The van der Waals surface area contributed by atoms with E-state index in [-0.39, 0.29) is 6.10 Å². The maximum Gasteiger partial charge on any atom is 0.125 e. The van der Waals surface area contributed by atoms with Gasteiger partial charge in [-0.3, -0.25) is 0 Å². The summed E-state index contributed by atoms with van der Waals surface area (Å²) in [5, 5.41) is 0. The Morgan fingerprint density at radius 2 is 1.93 bits per heavy atom. The summed E-state index contributed by atoms with van der Waals surface area (Å²) in [6, 6.07) is 6.02. The van der Waals surface area contributed by atoms with Crippen molar-refractivity contribution in [2.75, 3.05) is 0 Å². The molecule has 0 heterocycles. The number of aldehydes is 1. The topological polar surface area (TPSA) is 26.3 Å². The summed E-state index contributed by atoms with van der Waals surface area (Å²) in [7, 11) is 0. The van der Waals surface area contributed by atoms with Crippen molar-refractivity contribution in [3.63, 3.8) is 0 Å². The monoisotopic (exact) mass is 192 g/mol. The molecule has 1 unspecified atom stereocenters. The smallest absolute Gasteiger partial charge is 0.125 e. The van der Waals surface area contributed by atoms with E-state index in [0.717, 1.165) is 23.2 Å². The van der Waals surface area contributed by atoms with Gasteiger partial charge < -0.3 is 9.53 Å². The van der Waals surface area contributed by atoms with Crippen molar-refractivity contribution in [1.82, 2.24) is 0 Å². The van der Waals surface area contributed by atoms with Crippen LogP contribution in [0.2, 0.25) is 0 Å². The standard InChI is InChI=1S/C12H16O2/c1-9-5-4-6-10(2)12(9)14-11(3)7-8-13/h4-6,8,11H,7H2,1-3H3. The maximum absolute atomic E-state index is 10.3. The molecule has 0 aliphatic carbocycles. The highest BCUT2D eigenvalue weighted by atomic mass is 16.5. The molecule has 0 saturated carbocycles. The molecule has 0 fully saturated rings. The summed E-state index contributed by atoms with van der Waals surface area (Å²) in [5.74, 6) is 0.904. The summed E-state index contributed by atoms with van der Waals surface area (Å²) in [6.45, 7) is 5.92. The number of rotatable bonds is 4. The Balaban J connectivity index is 2.80. The number of ether oxygens (including phenoxy) is 1. The fourth-order valence-electron chi connectivity index (χ4n) is 1.37. The second-order valence-corrected chi connectivity index (χ2v) is 3.55.